The van der Waals surface area contributed by atoms with Gasteiger partial charge >= 0.3 is 6.18 Å². The molecular formula is C16H15F3N6OS. The molecule has 0 radical (unpaired) electrons. The van der Waals surface area contributed by atoms with Crippen LogP contribution in [0.25, 0.3) is 0 Å². The van der Waals surface area contributed by atoms with Crippen LogP contribution >= 0.6 is 11.8 Å². The Hall–Kier alpha value is -3.00. The van der Waals surface area contributed by atoms with Crippen molar-refractivity contribution < 1.29 is 18.0 Å². The van der Waals surface area contributed by atoms with Crippen LogP contribution in [0, 0.1) is 11.3 Å². The molecule has 27 heavy (non-hydrogen) atoms. The first-order chi connectivity index (χ1) is 12.7. The van der Waals surface area contributed by atoms with E-state index >= 15 is 0 Å². The van der Waals surface area contributed by atoms with E-state index in [4.69, 9.17) is 5.73 Å². The number of carbonyl (C=O) groups is 1. The summed E-state index contributed by atoms with van der Waals surface area (Å²) in [5, 5.41) is 14.7. The summed E-state index contributed by atoms with van der Waals surface area (Å²) < 4.78 is 38.3. The fourth-order valence-corrected chi connectivity index (χ4v) is 2.65. The molecule has 1 aromatic heterocycles. The fourth-order valence-electron chi connectivity index (χ4n) is 2.12. The molecule has 0 bridgehead atoms. The van der Waals surface area contributed by atoms with Gasteiger partial charge < -0.3 is 16.4 Å². The van der Waals surface area contributed by atoms with E-state index in [2.05, 4.69) is 20.6 Å². The number of nitrogens with two attached hydrogens (primary N) is 1. The summed E-state index contributed by atoms with van der Waals surface area (Å²) in [5.41, 5.74) is 4.92. The number of hydrogen-bond donors (Lipinski definition) is 3. The molecule has 0 unspecified atom stereocenters. The third kappa shape index (κ3) is 5.01. The average Bonchev–Trinajstić information content (AvgIpc) is 2.60. The summed E-state index contributed by atoms with van der Waals surface area (Å²) >= 11 is 1.16. The van der Waals surface area contributed by atoms with Crippen LogP contribution in [0.5, 0.6) is 0 Å². The standard InChI is InChI=1S/C16H15F3N6OS/c1-8(22-10-5-3-4-9(6-10)16(17,18)19)13(26)23-12-11(7-20)14(27-2)25-15(21)24-12/h3-6,8,22H,1-2H3,(H3,21,23,24,25,26)/t8-/m0/s1. The lowest BCUT2D eigenvalue weighted by molar-refractivity contribution is -0.137. The number of alkyl halides is 3. The molecule has 0 aliphatic carbocycles. The van der Waals surface area contributed by atoms with Crippen LogP contribution in [0.15, 0.2) is 29.3 Å². The van der Waals surface area contributed by atoms with Crippen LogP contribution in [-0.4, -0.2) is 28.2 Å². The molecule has 0 fully saturated rings. The zero-order chi connectivity index (χ0) is 20.2. The zero-order valence-corrected chi connectivity index (χ0v) is 15.1. The maximum absolute atomic E-state index is 12.8. The van der Waals surface area contributed by atoms with Crippen molar-refractivity contribution in [3.63, 3.8) is 0 Å². The number of anilines is 3. The largest absolute Gasteiger partial charge is 0.416 e. The number of aromatic nitrogens is 2. The number of benzene rings is 1. The lowest BCUT2D eigenvalue weighted by Crippen LogP contribution is -2.32. The molecule has 0 aliphatic rings. The zero-order valence-electron chi connectivity index (χ0n) is 14.3. The highest BCUT2D eigenvalue weighted by atomic mass is 32.2. The van der Waals surface area contributed by atoms with Crippen LogP contribution < -0.4 is 16.4 Å². The normalized spacial score (nSPS) is 12.1. The second kappa shape index (κ2) is 8.13. The summed E-state index contributed by atoms with van der Waals surface area (Å²) in [6.45, 7) is 1.46. The smallest absolute Gasteiger partial charge is 0.374 e. The number of carbonyl (C=O) groups excluding carboxylic acids is 1. The summed E-state index contributed by atoms with van der Waals surface area (Å²) in [7, 11) is 0. The Balaban J connectivity index is 2.18. The highest BCUT2D eigenvalue weighted by Crippen LogP contribution is 2.31. The van der Waals surface area contributed by atoms with Gasteiger partial charge in [-0.05, 0) is 31.4 Å². The monoisotopic (exact) mass is 396 g/mol. The minimum Gasteiger partial charge on any atom is -0.374 e. The van der Waals surface area contributed by atoms with Crippen molar-refractivity contribution in [3.05, 3.63) is 35.4 Å². The molecule has 2 rings (SSSR count). The van der Waals surface area contributed by atoms with Crippen molar-refractivity contribution in [1.29, 1.82) is 5.26 Å². The highest BCUT2D eigenvalue weighted by molar-refractivity contribution is 7.98. The van der Waals surface area contributed by atoms with Gasteiger partial charge in [0, 0.05) is 5.69 Å². The third-order valence-electron chi connectivity index (χ3n) is 3.41. The Morgan fingerprint density at radius 1 is 1.37 bits per heavy atom. The molecule has 1 aromatic carbocycles. The molecule has 2 aromatic rings. The molecule has 1 heterocycles. The molecule has 1 amide bonds. The van der Waals surface area contributed by atoms with Gasteiger partial charge in [-0.2, -0.15) is 23.4 Å². The van der Waals surface area contributed by atoms with Crippen LogP contribution in [0.1, 0.15) is 18.1 Å². The van der Waals surface area contributed by atoms with Crippen molar-refractivity contribution in [2.24, 2.45) is 0 Å². The topological polar surface area (TPSA) is 117 Å². The van der Waals surface area contributed by atoms with Crippen LogP contribution in [-0.2, 0) is 11.0 Å². The number of halogens is 3. The van der Waals surface area contributed by atoms with Gasteiger partial charge in [-0.1, -0.05) is 6.07 Å². The maximum atomic E-state index is 12.8. The van der Waals surface area contributed by atoms with Gasteiger partial charge in [0.05, 0.1) is 5.56 Å². The van der Waals surface area contributed by atoms with E-state index in [1.165, 1.54) is 19.1 Å². The van der Waals surface area contributed by atoms with Gasteiger partial charge in [-0.25, -0.2) is 4.98 Å². The number of thioether (sulfide) groups is 1. The summed E-state index contributed by atoms with van der Waals surface area (Å²) in [6, 6.07) is 5.47. The number of nitrogens with zero attached hydrogens (tertiary/aromatic N) is 3. The Bertz CT molecular complexity index is 897. The van der Waals surface area contributed by atoms with Gasteiger partial charge in [-0.15, -0.1) is 11.8 Å². The average molecular weight is 396 g/mol. The first-order valence-electron chi connectivity index (χ1n) is 7.52. The van der Waals surface area contributed by atoms with Crippen LogP contribution in [0.3, 0.4) is 0 Å². The van der Waals surface area contributed by atoms with Crippen LogP contribution in [0.4, 0.5) is 30.6 Å². The van der Waals surface area contributed by atoms with E-state index < -0.39 is 23.7 Å². The minimum absolute atomic E-state index is 0.0521. The lowest BCUT2D eigenvalue weighted by atomic mass is 10.2. The van der Waals surface area contributed by atoms with Crippen molar-refractivity contribution in [3.8, 4) is 6.07 Å². The number of hydrogen-bond acceptors (Lipinski definition) is 7. The maximum Gasteiger partial charge on any atom is 0.416 e. The second-order valence-electron chi connectivity index (χ2n) is 5.36. The molecule has 4 N–H and O–H groups in total. The summed E-state index contributed by atoms with van der Waals surface area (Å²) in [5.74, 6) is -0.779. The van der Waals surface area contributed by atoms with E-state index in [1.807, 2.05) is 6.07 Å². The van der Waals surface area contributed by atoms with Crippen molar-refractivity contribution in [2.75, 3.05) is 22.6 Å². The first-order valence-corrected chi connectivity index (χ1v) is 8.74. The fraction of sp³-hybridized carbons (Fsp3) is 0.250. The molecule has 7 nitrogen and oxygen atoms in total. The second-order valence-corrected chi connectivity index (χ2v) is 6.16. The van der Waals surface area contributed by atoms with E-state index in [1.54, 1.807) is 6.26 Å². The van der Waals surface area contributed by atoms with Gasteiger partial charge in [0.2, 0.25) is 11.9 Å². The number of nitrogens with one attached hydrogen (secondary N) is 2. The summed E-state index contributed by atoms with van der Waals surface area (Å²) in [4.78, 5) is 20.1. The van der Waals surface area contributed by atoms with Crippen molar-refractivity contribution >= 4 is 35.1 Å². The van der Waals surface area contributed by atoms with E-state index in [0.29, 0.717) is 5.03 Å². The van der Waals surface area contributed by atoms with Crippen LogP contribution in [0.2, 0.25) is 0 Å². The number of nitriles is 1. The third-order valence-corrected chi connectivity index (χ3v) is 4.09. The lowest BCUT2D eigenvalue weighted by Gasteiger charge is -2.17. The quantitative estimate of drug-likeness (QED) is 0.525. The van der Waals surface area contributed by atoms with Crippen molar-refractivity contribution in [1.82, 2.24) is 9.97 Å². The Labute approximate surface area is 157 Å². The molecule has 0 aliphatic heterocycles. The molecular weight excluding hydrogens is 381 g/mol. The molecule has 0 saturated heterocycles. The van der Waals surface area contributed by atoms with E-state index in [9.17, 15) is 23.2 Å². The Kier molecular flexibility index (Phi) is 6.12. The first kappa shape index (κ1) is 20.3. The van der Waals surface area contributed by atoms with Gasteiger partial charge in [0.25, 0.3) is 0 Å². The van der Waals surface area contributed by atoms with E-state index in [-0.39, 0.29) is 23.0 Å². The summed E-state index contributed by atoms with van der Waals surface area (Å²) in [6.07, 6.45) is -2.80. The molecule has 142 valence electrons. The number of rotatable bonds is 5. The Morgan fingerprint density at radius 2 is 2.07 bits per heavy atom. The van der Waals surface area contributed by atoms with Gasteiger partial charge in [0.1, 0.15) is 22.7 Å². The predicted octanol–water partition coefficient (Wildman–Crippen LogP) is 3.11. The number of nitrogen functional groups attached to an aromatic ring is 1. The number of amides is 1. The van der Waals surface area contributed by atoms with Crippen molar-refractivity contribution in [2.45, 2.75) is 24.2 Å². The molecule has 0 spiro atoms. The van der Waals surface area contributed by atoms with Gasteiger partial charge in [-0.3, -0.25) is 4.79 Å². The highest BCUT2D eigenvalue weighted by Gasteiger charge is 2.30. The Morgan fingerprint density at radius 3 is 2.67 bits per heavy atom. The predicted molar refractivity (Wildman–Crippen MR) is 96.1 cm³/mol. The van der Waals surface area contributed by atoms with Gasteiger partial charge in [0.15, 0.2) is 5.82 Å². The van der Waals surface area contributed by atoms with E-state index in [0.717, 1.165) is 23.9 Å². The molecule has 11 heteroatoms. The SMILES string of the molecule is CSc1nc(N)nc(NC(=O)[C@H](C)Nc2cccc(C(F)(F)F)c2)c1C#N. The molecule has 1 atom stereocenters. The molecule has 0 saturated carbocycles. The minimum atomic E-state index is -4.49.